The number of amides is 2. The van der Waals surface area contributed by atoms with E-state index in [4.69, 9.17) is 0 Å². The van der Waals surface area contributed by atoms with Crippen molar-refractivity contribution >= 4 is 35.6 Å². The Morgan fingerprint density at radius 1 is 1.14 bits per heavy atom. The molecule has 122 valence electrons. The van der Waals surface area contributed by atoms with Gasteiger partial charge in [-0.1, -0.05) is 0 Å². The zero-order valence-corrected chi connectivity index (χ0v) is 14.1. The van der Waals surface area contributed by atoms with Gasteiger partial charge in [-0.2, -0.15) is 11.3 Å². The minimum absolute atomic E-state index is 0. The molecular weight excluding hydrogens is 322 g/mol. The summed E-state index contributed by atoms with van der Waals surface area (Å²) in [4.78, 5) is 28.6. The van der Waals surface area contributed by atoms with Crippen LogP contribution >= 0.6 is 23.7 Å². The highest BCUT2D eigenvalue weighted by molar-refractivity contribution is 7.08. The Hall–Kier alpha value is -1.11. The lowest BCUT2D eigenvalue weighted by Gasteiger charge is -2.24. The van der Waals surface area contributed by atoms with Gasteiger partial charge in [0, 0.05) is 31.6 Å². The molecule has 2 fully saturated rings. The first-order chi connectivity index (χ1) is 10.3. The van der Waals surface area contributed by atoms with Crippen molar-refractivity contribution in [3.8, 4) is 0 Å². The average molecular weight is 344 g/mol. The lowest BCUT2D eigenvalue weighted by atomic mass is 10.2. The van der Waals surface area contributed by atoms with Crippen molar-refractivity contribution in [2.24, 2.45) is 0 Å². The van der Waals surface area contributed by atoms with Crippen molar-refractivity contribution in [3.63, 3.8) is 0 Å². The SMILES string of the molecule is Cl.O=C(c1ccsc1)N1CCCN(C(=O)C2CCCN2)CC1. The molecule has 2 saturated heterocycles. The Morgan fingerprint density at radius 3 is 2.59 bits per heavy atom. The Bertz CT molecular complexity index is 503. The summed E-state index contributed by atoms with van der Waals surface area (Å²) >= 11 is 1.54. The van der Waals surface area contributed by atoms with E-state index in [1.165, 1.54) is 11.3 Å². The Morgan fingerprint density at radius 2 is 1.91 bits per heavy atom. The van der Waals surface area contributed by atoms with E-state index < -0.39 is 0 Å². The van der Waals surface area contributed by atoms with Crippen LogP contribution in [0, 0.1) is 0 Å². The first-order valence-electron chi connectivity index (χ1n) is 7.59. The molecule has 1 atom stereocenters. The molecule has 3 heterocycles. The molecule has 0 saturated carbocycles. The van der Waals surface area contributed by atoms with E-state index in [9.17, 15) is 9.59 Å². The van der Waals surface area contributed by atoms with Gasteiger partial charge in [-0.25, -0.2) is 0 Å². The molecule has 22 heavy (non-hydrogen) atoms. The van der Waals surface area contributed by atoms with Crippen molar-refractivity contribution in [2.75, 3.05) is 32.7 Å². The van der Waals surface area contributed by atoms with Gasteiger partial charge in [0.1, 0.15) is 0 Å². The van der Waals surface area contributed by atoms with Crippen molar-refractivity contribution in [1.29, 1.82) is 0 Å². The van der Waals surface area contributed by atoms with E-state index in [0.29, 0.717) is 13.1 Å². The monoisotopic (exact) mass is 343 g/mol. The Kier molecular flexibility index (Phi) is 6.23. The molecular formula is C15H22ClN3O2S. The second kappa shape index (κ2) is 7.94. The third-order valence-corrected chi connectivity index (χ3v) is 4.90. The van der Waals surface area contributed by atoms with Crippen LogP contribution < -0.4 is 5.32 Å². The molecule has 2 aliphatic rings. The molecule has 5 nitrogen and oxygen atoms in total. The van der Waals surface area contributed by atoms with Gasteiger partial charge < -0.3 is 15.1 Å². The highest BCUT2D eigenvalue weighted by Crippen LogP contribution is 2.14. The van der Waals surface area contributed by atoms with Crippen LogP contribution in [0.2, 0.25) is 0 Å². The molecule has 0 bridgehead atoms. The fourth-order valence-corrected chi connectivity index (χ4v) is 3.66. The summed E-state index contributed by atoms with van der Waals surface area (Å²) in [6.45, 7) is 3.70. The fraction of sp³-hybridized carbons (Fsp3) is 0.600. The quantitative estimate of drug-likeness (QED) is 0.887. The Labute approximate surface area is 141 Å². The van der Waals surface area contributed by atoms with Gasteiger partial charge in [0.15, 0.2) is 0 Å². The lowest BCUT2D eigenvalue weighted by Crippen LogP contribution is -2.45. The van der Waals surface area contributed by atoms with Crippen LogP contribution in [0.3, 0.4) is 0 Å². The molecule has 1 N–H and O–H groups in total. The maximum atomic E-state index is 12.4. The van der Waals surface area contributed by atoms with Crippen LogP contribution in [0.15, 0.2) is 16.8 Å². The molecule has 7 heteroatoms. The molecule has 0 aromatic carbocycles. The first kappa shape index (κ1) is 17.2. The summed E-state index contributed by atoms with van der Waals surface area (Å²) in [6.07, 6.45) is 2.87. The van der Waals surface area contributed by atoms with Gasteiger partial charge >= 0.3 is 0 Å². The van der Waals surface area contributed by atoms with Crippen LogP contribution in [0.5, 0.6) is 0 Å². The maximum Gasteiger partial charge on any atom is 0.254 e. The number of hydrogen-bond donors (Lipinski definition) is 1. The van der Waals surface area contributed by atoms with Crippen molar-refractivity contribution in [1.82, 2.24) is 15.1 Å². The van der Waals surface area contributed by atoms with Gasteiger partial charge in [-0.05, 0) is 37.3 Å². The van der Waals surface area contributed by atoms with Crippen LogP contribution in [0.4, 0.5) is 0 Å². The molecule has 0 radical (unpaired) electrons. The van der Waals surface area contributed by atoms with Gasteiger partial charge in [-0.15, -0.1) is 12.4 Å². The predicted molar refractivity (Wildman–Crippen MR) is 89.7 cm³/mol. The molecule has 2 amide bonds. The van der Waals surface area contributed by atoms with Gasteiger partial charge in [0.2, 0.25) is 5.91 Å². The zero-order valence-electron chi connectivity index (χ0n) is 12.5. The second-order valence-electron chi connectivity index (χ2n) is 5.63. The van der Waals surface area contributed by atoms with E-state index in [-0.39, 0.29) is 30.3 Å². The van der Waals surface area contributed by atoms with Crippen LogP contribution in [-0.2, 0) is 4.79 Å². The van der Waals surface area contributed by atoms with Gasteiger partial charge in [0.05, 0.1) is 11.6 Å². The minimum Gasteiger partial charge on any atom is -0.340 e. The Balaban J connectivity index is 0.00000176. The van der Waals surface area contributed by atoms with Crippen LogP contribution in [0.25, 0.3) is 0 Å². The number of carbonyl (C=O) groups is 2. The molecule has 2 aliphatic heterocycles. The highest BCUT2D eigenvalue weighted by atomic mass is 35.5. The van der Waals surface area contributed by atoms with Gasteiger partial charge in [0.25, 0.3) is 5.91 Å². The van der Waals surface area contributed by atoms with Gasteiger partial charge in [-0.3, -0.25) is 9.59 Å². The topological polar surface area (TPSA) is 52.7 Å². The summed E-state index contributed by atoms with van der Waals surface area (Å²) in [5.74, 6) is 0.293. The van der Waals surface area contributed by atoms with E-state index in [1.54, 1.807) is 0 Å². The number of thiophene rings is 1. The summed E-state index contributed by atoms with van der Waals surface area (Å²) in [6, 6.07) is 1.85. The summed E-state index contributed by atoms with van der Waals surface area (Å²) < 4.78 is 0. The van der Waals surface area contributed by atoms with E-state index >= 15 is 0 Å². The van der Waals surface area contributed by atoms with Crippen molar-refractivity contribution in [3.05, 3.63) is 22.4 Å². The summed E-state index contributed by atoms with van der Waals surface area (Å²) in [7, 11) is 0. The van der Waals surface area contributed by atoms with E-state index in [0.717, 1.165) is 44.5 Å². The van der Waals surface area contributed by atoms with E-state index in [2.05, 4.69) is 5.32 Å². The number of carbonyl (C=O) groups excluding carboxylic acids is 2. The normalized spacial score (nSPS) is 22.1. The highest BCUT2D eigenvalue weighted by Gasteiger charge is 2.29. The number of hydrogen-bond acceptors (Lipinski definition) is 4. The number of nitrogens with zero attached hydrogens (tertiary/aromatic N) is 2. The molecule has 0 spiro atoms. The predicted octanol–water partition coefficient (Wildman–Crippen LogP) is 1.60. The second-order valence-corrected chi connectivity index (χ2v) is 6.41. The number of halogens is 1. The maximum absolute atomic E-state index is 12.4. The molecule has 1 aromatic rings. The summed E-state index contributed by atoms with van der Waals surface area (Å²) in [5.41, 5.74) is 0.761. The van der Waals surface area contributed by atoms with Crippen LogP contribution in [0.1, 0.15) is 29.6 Å². The average Bonchev–Trinajstić information content (AvgIpc) is 3.15. The first-order valence-corrected chi connectivity index (χ1v) is 8.53. The summed E-state index contributed by atoms with van der Waals surface area (Å²) in [5, 5.41) is 7.07. The minimum atomic E-state index is -0.0101. The van der Waals surface area contributed by atoms with Crippen molar-refractivity contribution < 1.29 is 9.59 Å². The number of nitrogens with one attached hydrogen (secondary N) is 1. The van der Waals surface area contributed by atoms with Crippen molar-refractivity contribution in [2.45, 2.75) is 25.3 Å². The van der Waals surface area contributed by atoms with E-state index in [1.807, 2.05) is 26.6 Å². The molecule has 1 unspecified atom stereocenters. The standard InChI is InChI=1S/C15H21N3O2S.ClH/c19-14(12-4-10-21-11-12)17-6-2-7-18(9-8-17)15(20)13-3-1-5-16-13;/h4,10-11,13,16H,1-3,5-9H2;1H. The largest absolute Gasteiger partial charge is 0.340 e. The lowest BCUT2D eigenvalue weighted by molar-refractivity contribution is -0.132. The zero-order chi connectivity index (χ0) is 14.7. The molecule has 1 aromatic heterocycles. The fourth-order valence-electron chi connectivity index (χ4n) is 3.03. The third-order valence-electron chi connectivity index (χ3n) is 4.22. The van der Waals surface area contributed by atoms with Crippen LogP contribution in [-0.4, -0.2) is 60.4 Å². The smallest absolute Gasteiger partial charge is 0.254 e. The molecule has 0 aliphatic carbocycles. The third kappa shape index (κ3) is 3.80. The molecule has 3 rings (SSSR count). The number of rotatable bonds is 2.